The van der Waals surface area contributed by atoms with E-state index in [-0.39, 0.29) is 29.5 Å². The van der Waals surface area contributed by atoms with Crippen LogP contribution in [0.5, 0.6) is 17.2 Å². The van der Waals surface area contributed by atoms with Crippen LogP contribution >= 0.6 is 7.37 Å². The Morgan fingerprint density at radius 2 is 1.74 bits per heavy atom. The van der Waals surface area contributed by atoms with Gasteiger partial charge in [0.25, 0.3) is 0 Å². The van der Waals surface area contributed by atoms with Gasteiger partial charge in [0, 0.05) is 37.4 Å². The number of carbonyl (C=O) groups excluding carboxylic acids is 1. The summed E-state index contributed by atoms with van der Waals surface area (Å²) >= 11 is 0. The second-order valence-electron chi connectivity index (χ2n) is 9.37. The van der Waals surface area contributed by atoms with E-state index in [4.69, 9.17) is 18.7 Å². The van der Waals surface area contributed by atoms with Crippen molar-refractivity contribution in [3.8, 4) is 17.2 Å². The Morgan fingerprint density at radius 1 is 1.08 bits per heavy atom. The first-order valence-electron chi connectivity index (χ1n) is 12.4. The standard InChI is InChI=1S/C27H35N2O8PS/c1-7-35-38(5,31)18-29-22(12-19(2)28-29)15-27(30)21-13-24(36-20(3)17-34-4)16-25(14-21)37-23-8-10-26(11-9-23)39(6,32)33/h8-14,16,20H,7,15,17-18H2,1-6H3/t20-,38?/m0/s1. The highest BCUT2D eigenvalue weighted by atomic mass is 32.2. The average molecular weight is 579 g/mol. The molecule has 1 heterocycles. The lowest BCUT2D eigenvalue weighted by Gasteiger charge is -2.17. The number of Topliss-reactive ketones (excluding diaryl/α,β-unsaturated/α-hetero) is 1. The third kappa shape index (κ3) is 9.03. The van der Waals surface area contributed by atoms with Gasteiger partial charge in [-0.25, -0.2) is 8.42 Å². The SMILES string of the molecule is CCOP(C)(=O)Cn1nc(C)cc1CC(=O)c1cc(Oc2ccc(S(C)(=O)=O)cc2)cc(O[C@@H](C)COC)c1. The molecule has 0 spiro atoms. The lowest BCUT2D eigenvalue weighted by molar-refractivity contribution is 0.0914. The first-order chi connectivity index (χ1) is 18.3. The molecule has 2 atom stereocenters. The second-order valence-corrected chi connectivity index (χ2v) is 14.0. The summed E-state index contributed by atoms with van der Waals surface area (Å²) in [5.74, 6) is 0.922. The Balaban J connectivity index is 1.91. The van der Waals surface area contributed by atoms with Crippen LogP contribution in [0, 0.1) is 6.92 Å². The summed E-state index contributed by atoms with van der Waals surface area (Å²) < 4.78 is 60.3. The van der Waals surface area contributed by atoms with E-state index in [2.05, 4.69) is 5.10 Å². The molecule has 0 radical (unpaired) electrons. The van der Waals surface area contributed by atoms with Crippen LogP contribution in [-0.4, -0.2) is 63.3 Å². The van der Waals surface area contributed by atoms with E-state index in [0.29, 0.717) is 47.4 Å². The Labute approximate surface area is 229 Å². The third-order valence-corrected chi connectivity index (χ3v) is 8.26. The topological polar surface area (TPSA) is 123 Å². The summed E-state index contributed by atoms with van der Waals surface area (Å²) in [6.07, 6.45) is 0.912. The minimum absolute atomic E-state index is 0.00649. The highest BCUT2D eigenvalue weighted by Gasteiger charge is 2.21. The minimum Gasteiger partial charge on any atom is -0.488 e. The number of rotatable bonds is 14. The van der Waals surface area contributed by atoms with Gasteiger partial charge in [0.2, 0.25) is 7.37 Å². The van der Waals surface area contributed by atoms with Crippen molar-refractivity contribution in [2.24, 2.45) is 0 Å². The van der Waals surface area contributed by atoms with E-state index in [9.17, 15) is 17.8 Å². The molecule has 0 aliphatic heterocycles. The average Bonchev–Trinajstić information content (AvgIpc) is 3.16. The van der Waals surface area contributed by atoms with Crippen molar-refractivity contribution >= 4 is 23.0 Å². The summed E-state index contributed by atoms with van der Waals surface area (Å²) in [5, 5.41) is 4.41. The molecule has 0 aliphatic carbocycles. The molecule has 0 aliphatic rings. The number of ketones is 1. The second kappa shape index (κ2) is 12.9. The lowest BCUT2D eigenvalue weighted by atomic mass is 10.1. The maximum atomic E-state index is 13.4. The first kappa shape index (κ1) is 30.6. The van der Waals surface area contributed by atoms with E-state index in [1.807, 2.05) is 6.92 Å². The zero-order valence-corrected chi connectivity index (χ0v) is 24.8. The molecule has 12 heteroatoms. The summed E-state index contributed by atoms with van der Waals surface area (Å²) in [5.41, 5.74) is 1.65. The Hall–Kier alpha value is -2.98. The van der Waals surface area contributed by atoms with Crippen LogP contribution < -0.4 is 9.47 Å². The molecule has 3 aromatic rings. The monoisotopic (exact) mass is 578 g/mol. The van der Waals surface area contributed by atoms with Crippen LogP contribution in [0.3, 0.4) is 0 Å². The molecule has 10 nitrogen and oxygen atoms in total. The highest BCUT2D eigenvalue weighted by Crippen LogP contribution is 2.44. The molecule has 0 bridgehead atoms. The van der Waals surface area contributed by atoms with E-state index in [1.165, 1.54) is 12.1 Å². The van der Waals surface area contributed by atoms with Crippen LogP contribution in [0.15, 0.2) is 53.4 Å². The quantitative estimate of drug-likeness (QED) is 0.189. The van der Waals surface area contributed by atoms with Crippen LogP contribution in [0.1, 0.15) is 35.6 Å². The van der Waals surface area contributed by atoms with Gasteiger partial charge in [-0.05, 0) is 63.2 Å². The van der Waals surface area contributed by atoms with Crippen molar-refractivity contribution in [3.05, 3.63) is 65.5 Å². The molecule has 0 amide bonds. The van der Waals surface area contributed by atoms with Gasteiger partial charge in [0.15, 0.2) is 15.6 Å². The van der Waals surface area contributed by atoms with Crippen molar-refractivity contribution in [1.82, 2.24) is 9.78 Å². The molecule has 39 heavy (non-hydrogen) atoms. The van der Waals surface area contributed by atoms with Crippen LogP contribution in [-0.2, 0) is 36.4 Å². The molecule has 1 aromatic heterocycles. The van der Waals surface area contributed by atoms with Crippen molar-refractivity contribution in [2.45, 2.75) is 44.5 Å². The van der Waals surface area contributed by atoms with Gasteiger partial charge in [-0.2, -0.15) is 5.10 Å². The summed E-state index contributed by atoms with van der Waals surface area (Å²) in [6.45, 7) is 7.63. The van der Waals surface area contributed by atoms with Gasteiger partial charge in [0.1, 0.15) is 29.6 Å². The molecular formula is C27H35N2O8PS. The Kier molecular flexibility index (Phi) is 10.1. The molecule has 0 fully saturated rings. The maximum Gasteiger partial charge on any atom is 0.220 e. The number of sulfone groups is 1. The molecule has 3 rings (SSSR count). The minimum atomic E-state index is -3.35. The zero-order valence-electron chi connectivity index (χ0n) is 23.0. The number of benzene rings is 2. The summed E-state index contributed by atoms with van der Waals surface area (Å²) in [6, 6.07) is 12.7. The van der Waals surface area contributed by atoms with E-state index in [0.717, 1.165) is 6.26 Å². The van der Waals surface area contributed by atoms with Crippen molar-refractivity contribution in [3.63, 3.8) is 0 Å². The number of hydrogen-bond donors (Lipinski definition) is 0. The highest BCUT2D eigenvalue weighted by molar-refractivity contribution is 7.90. The van der Waals surface area contributed by atoms with Gasteiger partial charge >= 0.3 is 0 Å². The van der Waals surface area contributed by atoms with Crippen molar-refractivity contribution < 1.29 is 36.5 Å². The summed E-state index contributed by atoms with van der Waals surface area (Å²) in [4.78, 5) is 13.6. The maximum absolute atomic E-state index is 13.4. The molecule has 1 unspecified atom stereocenters. The molecule has 0 saturated heterocycles. The predicted octanol–water partition coefficient (Wildman–Crippen LogP) is 5.13. The van der Waals surface area contributed by atoms with Crippen LogP contribution in [0.2, 0.25) is 0 Å². The number of hydrogen-bond acceptors (Lipinski definition) is 9. The van der Waals surface area contributed by atoms with Crippen molar-refractivity contribution in [1.29, 1.82) is 0 Å². The number of aryl methyl sites for hydroxylation is 1. The fraction of sp³-hybridized carbons (Fsp3) is 0.407. The van der Waals surface area contributed by atoms with Gasteiger partial charge in [0.05, 0.1) is 30.2 Å². The zero-order chi connectivity index (χ0) is 28.8. The van der Waals surface area contributed by atoms with Crippen molar-refractivity contribution in [2.75, 3.05) is 33.2 Å². The first-order valence-corrected chi connectivity index (χ1v) is 16.5. The van der Waals surface area contributed by atoms with Crippen LogP contribution in [0.25, 0.3) is 0 Å². The number of nitrogens with zero attached hydrogens (tertiary/aromatic N) is 2. The van der Waals surface area contributed by atoms with E-state index < -0.39 is 17.2 Å². The third-order valence-electron chi connectivity index (χ3n) is 5.55. The number of aromatic nitrogens is 2. The Bertz CT molecular complexity index is 1450. The van der Waals surface area contributed by atoms with Gasteiger partial charge < -0.3 is 18.7 Å². The number of carbonyl (C=O) groups is 1. The smallest absolute Gasteiger partial charge is 0.220 e. The molecule has 212 valence electrons. The normalized spacial score (nSPS) is 14.0. The fourth-order valence-electron chi connectivity index (χ4n) is 3.94. The largest absolute Gasteiger partial charge is 0.488 e. The van der Waals surface area contributed by atoms with Gasteiger partial charge in [-0.3, -0.25) is 14.0 Å². The summed E-state index contributed by atoms with van der Waals surface area (Å²) in [7, 11) is -4.71. The van der Waals surface area contributed by atoms with E-state index in [1.54, 1.807) is 68.7 Å². The molecule has 0 saturated carbocycles. The molecule has 2 aromatic carbocycles. The number of methoxy groups -OCH3 is 1. The molecule has 0 N–H and O–H groups in total. The van der Waals surface area contributed by atoms with Gasteiger partial charge in [-0.15, -0.1) is 0 Å². The van der Waals surface area contributed by atoms with Crippen LogP contribution in [0.4, 0.5) is 0 Å². The lowest BCUT2D eigenvalue weighted by Crippen LogP contribution is -2.18. The molecular weight excluding hydrogens is 543 g/mol. The van der Waals surface area contributed by atoms with E-state index >= 15 is 0 Å². The fourth-order valence-corrected chi connectivity index (χ4v) is 5.93. The number of ether oxygens (including phenoxy) is 3. The Morgan fingerprint density at radius 3 is 2.36 bits per heavy atom. The predicted molar refractivity (Wildman–Crippen MR) is 148 cm³/mol. The van der Waals surface area contributed by atoms with Gasteiger partial charge in [-0.1, -0.05) is 0 Å².